The van der Waals surface area contributed by atoms with Gasteiger partial charge in [0.1, 0.15) is 0 Å². The first-order chi connectivity index (χ1) is 8.50. The first-order valence-corrected chi connectivity index (χ1v) is 7.02. The Morgan fingerprint density at radius 2 is 1.78 bits per heavy atom. The average Bonchev–Trinajstić information content (AvgIpc) is 2.37. The largest absolute Gasteiger partial charge is 0.252 e. The van der Waals surface area contributed by atoms with Crippen molar-refractivity contribution in [1.82, 2.24) is 4.98 Å². The van der Waals surface area contributed by atoms with Gasteiger partial charge in [0.2, 0.25) is 0 Å². The minimum absolute atomic E-state index is 0.0696. The molecule has 96 valence electrons. The SMILES string of the molecule is CCC(C)(CC)c1cc(Cl)c2ccc(Cl)cc2n1. The van der Waals surface area contributed by atoms with Gasteiger partial charge in [-0.15, -0.1) is 0 Å². The van der Waals surface area contributed by atoms with Gasteiger partial charge < -0.3 is 0 Å². The summed E-state index contributed by atoms with van der Waals surface area (Å²) in [5.41, 5.74) is 1.99. The molecule has 2 aromatic rings. The zero-order valence-corrected chi connectivity index (χ0v) is 12.4. The van der Waals surface area contributed by atoms with Gasteiger partial charge in [-0.2, -0.15) is 0 Å². The topological polar surface area (TPSA) is 12.9 Å². The van der Waals surface area contributed by atoms with Crippen LogP contribution in [0.25, 0.3) is 10.9 Å². The van der Waals surface area contributed by atoms with Crippen LogP contribution in [0.4, 0.5) is 0 Å². The van der Waals surface area contributed by atoms with E-state index < -0.39 is 0 Å². The van der Waals surface area contributed by atoms with Crippen LogP contribution in [-0.4, -0.2) is 4.98 Å². The fourth-order valence-corrected chi connectivity index (χ4v) is 2.51. The molecule has 0 N–H and O–H groups in total. The van der Waals surface area contributed by atoms with E-state index in [-0.39, 0.29) is 5.41 Å². The third kappa shape index (κ3) is 2.34. The van der Waals surface area contributed by atoms with Gasteiger partial charge in [-0.25, -0.2) is 0 Å². The third-order valence-corrected chi connectivity index (χ3v) is 4.45. The molecule has 0 aliphatic rings. The predicted molar refractivity (Wildman–Crippen MR) is 79.7 cm³/mol. The molecule has 0 unspecified atom stereocenters. The van der Waals surface area contributed by atoms with Crippen molar-refractivity contribution in [2.45, 2.75) is 39.0 Å². The number of hydrogen-bond acceptors (Lipinski definition) is 1. The van der Waals surface area contributed by atoms with Crippen molar-refractivity contribution in [1.29, 1.82) is 0 Å². The van der Waals surface area contributed by atoms with E-state index in [0.29, 0.717) is 5.02 Å². The maximum absolute atomic E-state index is 6.35. The molecule has 0 saturated heterocycles. The molecule has 0 spiro atoms. The number of pyridine rings is 1. The second-order valence-electron chi connectivity index (χ2n) is 4.92. The predicted octanol–water partition coefficient (Wildman–Crippen LogP) is 5.62. The van der Waals surface area contributed by atoms with Crippen LogP contribution in [-0.2, 0) is 5.41 Å². The molecule has 0 saturated carbocycles. The van der Waals surface area contributed by atoms with E-state index in [1.807, 2.05) is 24.3 Å². The molecule has 1 heterocycles. The van der Waals surface area contributed by atoms with Gasteiger partial charge in [0.25, 0.3) is 0 Å². The first kappa shape index (κ1) is 13.6. The Balaban J connectivity index is 2.68. The fraction of sp³-hybridized carbons (Fsp3) is 0.400. The van der Waals surface area contributed by atoms with Crippen molar-refractivity contribution < 1.29 is 0 Å². The Kier molecular flexibility index (Phi) is 3.84. The molecule has 0 aliphatic heterocycles. The molecule has 0 amide bonds. The first-order valence-electron chi connectivity index (χ1n) is 6.26. The monoisotopic (exact) mass is 281 g/mol. The average molecular weight is 282 g/mol. The zero-order valence-electron chi connectivity index (χ0n) is 10.9. The molecule has 1 nitrogen and oxygen atoms in total. The molecule has 1 aromatic carbocycles. The van der Waals surface area contributed by atoms with Crippen LogP contribution >= 0.6 is 23.2 Å². The Bertz CT molecular complexity index is 574. The summed E-state index contributed by atoms with van der Waals surface area (Å²) in [6, 6.07) is 7.63. The highest BCUT2D eigenvalue weighted by atomic mass is 35.5. The lowest BCUT2D eigenvalue weighted by Crippen LogP contribution is -2.21. The lowest BCUT2D eigenvalue weighted by atomic mass is 9.81. The number of halogens is 2. The smallest absolute Gasteiger partial charge is 0.0735 e. The van der Waals surface area contributed by atoms with Crippen LogP contribution in [0.5, 0.6) is 0 Å². The Morgan fingerprint density at radius 1 is 1.11 bits per heavy atom. The van der Waals surface area contributed by atoms with Crippen molar-refractivity contribution in [3.05, 3.63) is 40.0 Å². The van der Waals surface area contributed by atoms with Crippen LogP contribution < -0.4 is 0 Å². The molecule has 1 aromatic heterocycles. The summed E-state index contributed by atoms with van der Waals surface area (Å²) in [4.78, 5) is 4.74. The Labute approximate surface area is 118 Å². The van der Waals surface area contributed by atoms with E-state index in [9.17, 15) is 0 Å². The van der Waals surface area contributed by atoms with E-state index in [4.69, 9.17) is 28.2 Å². The Morgan fingerprint density at radius 3 is 2.39 bits per heavy atom. The second kappa shape index (κ2) is 5.07. The molecule has 2 rings (SSSR count). The van der Waals surface area contributed by atoms with Crippen molar-refractivity contribution >= 4 is 34.1 Å². The summed E-state index contributed by atoms with van der Waals surface area (Å²) >= 11 is 12.4. The van der Waals surface area contributed by atoms with E-state index in [0.717, 1.165) is 34.5 Å². The molecule has 0 atom stereocenters. The van der Waals surface area contributed by atoms with E-state index in [1.54, 1.807) is 0 Å². The van der Waals surface area contributed by atoms with Crippen molar-refractivity contribution in [2.24, 2.45) is 0 Å². The summed E-state index contributed by atoms with van der Waals surface area (Å²) in [6.45, 7) is 6.59. The van der Waals surface area contributed by atoms with Crippen molar-refractivity contribution in [3.8, 4) is 0 Å². The third-order valence-electron chi connectivity index (χ3n) is 3.90. The van der Waals surface area contributed by atoms with Gasteiger partial charge in [0.05, 0.1) is 10.5 Å². The normalized spacial score (nSPS) is 12.1. The van der Waals surface area contributed by atoms with Crippen molar-refractivity contribution in [2.75, 3.05) is 0 Å². The quantitative estimate of drug-likeness (QED) is 0.712. The minimum atomic E-state index is 0.0696. The maximum Gasteiger partial charge on any atom is 0.0735 e. The van der Waals surface area contributed by atoms with Crippen LogP contribution in [0.2, 0.25) is 10.0 Å². The van der Waals surface area contributed by atoms with Gasteiger partial charge in [-0.3, -0.25) is 4.98 Å². The van der Waals surface area contributed by atoms with Gasteiger partial charge in [-0.05, 0) is 37.1 Å². The number of rotatable bonds is 3. The molecule has 0 radical (unpaired) electrons. The summed E-state index contributed by atoms with van der Waals surface area (Å²) in [6.07, 6.45) is 2.08. The summed E-state index contributed by atoms with van der Waals surface area (Å²) in [5.74, 6) is 0. The van der Waals surface area contributed by atoms with E-state index >= 15 is 0 Å². The van der Waals surface area contributed by atoms with E-state index in [1.165, 1.54) is 0 Å². The number of nitrogens with zero attached hydrogens (tertiary/aromatic N) is 1. The lowest BCUT2D eigenvalue weighted by molar-refractivity contribution is 0.427. The molecule has 0 aliphatic carbocycles. The lowest BCUT2D eigenvalue weighted by Gasteiger charge is -2.26. The highest BCUT2D eigenvalue weighted by Crippen LogP contribution is 2.34. The molecule has 0 fully saturated rings. The summed E-state index contributed by atoms with van der Waals surface area (Å²) in [5, 5.41) is 2.40. The zero-order chi connectivity index (χ0) is 13.3. The minimum Gasteiger partial charge on any atom is -0.252 e. The van der Waals surface area contributed by atoms with Gasteiger partial charge in [0, 0.05) is 21.5 Å². The number of benzene rings is 1. The maximum atomic E-state index is 6.35. The van der Waals surface area contributed by atoms with Gasteiger partial charge in [-0.1, -0.05) is 44.0 Å². The van der Waals surface area contributed by atoms with Gasteiger partial charge in [0.15, 0.2) is 0 Å². The van der Waals surface area contributed by atoms with Crippen LogP contribution in [0.1, 0.15) is 39.3 Å². The van der Waals surface area contributed by atoms with Gasteiger partial charge >= 0.3 is 0 Å². The molecule has 3 heteroatoms. The highest BCUT2D eigenvalue weighted by molar-refractivity contribution is 6.36. The summed E-state index contributed by atoms with van der Waals surface area (Å²) in [7, 11) is 0. The Hall–Kier alpha value is -0.790. The second-order valence-corrected chi connectivity index (χ2v) is 5.76. The van der Waals surface area contributed by atoms with Crippen LogP contribution in [0, 0.1) is 0 Å². The molecular weight excluding hydrogens is 265 g/mol. The number of fused-ring (bicyclic) bond motifs is 1. The highest BCUT2D eigenvalue weighted by Gasteiger charge is 2.24. The molecule has 0 bridgehead atoms. The number of aromatic nitrogens is 1. The van der Waals surface area contributed by atoms with Crippen molar-refractivity contribution in [3.63, 3.8) is 0 Å². The van der Waals surface area contributed by atoms with Crippen LogP contribution in [0.3, 0.4) is 0 Å². The molecule has 18 heavy (non-hydrogen) atoms. The summed E-state index contributed by atoms with van der Waals surface area (Å²) < 4.78 is 0. The standard InChI is InChI=1S/C15H17Cl2N/c1-4-15(3,5-2)14-9-12(17)11-7-6-10(16)8-13(11)18-14/h6-9H,4-5H2,1-3H3. The number of hydrogen-bond donors (Lipinski definition) is 0. The van der Waals surface area contributed by atoms with Crippen LogP contribution in [0.15, 0.2) is 24.3 Å². The molecular formula is C15H17Cl2N. The fourth-order valence-electron chi connectivity index (χ4n) is 2.08. The van der Waals surface area contributed by atoms with E-state index in [2.05, 4.69) is 20.8 Å².